The van der Waals surface area contributed by atoms with Gasteiger partial charge >= 0.3 is 35.5 Å². The third kappa shape index (κ3) is 10.7. The molecule has 4 aliphatic rings. The Bertz CT molecular complexity index is 2030. The van der Waals surface area contributed by atoms with Crippen LogP contribution < -0.4 is 29.6 Å². The van der Waals surface area contributed by atoms with E-state index in [4.69, 9.17) is 10.2 Å². The summed E-state index contributed by atoms with van der Waals surface area (Å²) in [6, 6.07) is 26.0. The van der Waals surface area contributed by atoms with Gasteiger partial charge in [-0.15, -0.1) is 0 Å². The van der Waals surface area contributed by atoms with Gasteiger partial charge in [-0.25, -0.2) is 4.79 Å². The average molecular weight is 783 g/mol. The smallest absolute Gasteiger partial charge is 0.870 e. The monoisotopic (exact) mass is 782 g/mol. The van der Waals surface area contributed by atoms with E-state index in [1.54, 1.807) is 24.3 Å². The molecule has 0 bridgehead atoms. The van der Waals surface area contributed by atoms with Crippen molar-refractivity contribution in [3.8, 4) is 22.3 Å². The summed E-state index contributed by atoms with van der Waals surface area (Å²) in [7, 11) is 0. The number of aromatic carboxylic acids is 1. The van der Waals surface area contributed by atoms with Crippen LogP contribution in [-0.2, 0) is 12.8 Å². The van der Waals surface area contributed by atoms with Gasteiger partial charge in [0.2, 0.25) is 0 Å². The molecule has 0 saturated carbocycles. The van der Waals surface area contributed by atoms with Crippen LogP contribution in [0.4, 0.5) is 0 Å². The predicted molar refractivity (Wildman–Crippen MR) is 215 cm³/mol. The maximum Gasteiger partial charge on any atom is 1.00 e. The number of aliphatic hydroxyl groups excluding tert-OH is 1. The van der Waals surface area contributed by atoms with E-state index in [0.29, 0.717) is 5.56 Å². The summed E-state index contributed by atoms with van der Waals surface area (Å²) in [6.07, 6.45) is 6.82. The fraction of sp³-hybridized carbons (Fsp3) is 0.378. The molecule has 294 valence electrons. The van der Waals surface area contributed by atoms with Crippen LogP contribution in [0.3, 0.4) is 0 Å². The molecule has 0 aromatic heterocycles. The number of rotatable bonds is 11. The molecule has 3 N–H and O–H groups in total. The van der Waals surface area contributed by atoms with E-state index in [-0.39, 0.29) is 58.2 Å². The Morgan fingerprint density at radius 3 is 1.30 bits per heavy atom. The zero-order valence-electron chi connectivity index (χ0n) is 32.9. The van der Waals surface area contributed by atoms with Crippen LogP contribution in [0.15, 0.2) is 84.9 Å². The molecule has 0 unspecified atom stereocenters. The Labute approximate surface area is 356 Å². The van der Waals surface area contributed by atoms with Crippen molar-refractivity contribution < 1.29 is 64.4 Å². The van der Waals surface area contributed by atoms with Crippen LogP contribution in [0.2, 0.25) is 0 Å². The van der Waals surface area contributed by atoms with E-state index in [1.807, 2.05) is 58.3 Å². The molecule has 4 aromatic rings. The summed E-state index contributed by atoms with van der Waals surface area (Å²) in [6.45, 7) is 9.23. The van der Waals surface area contributed by atoms with Gasteiger partial charge in [0, 0.05) is 56.0 Å². The first kappa shape index (κ1) is 43.9. The summed E-state index contributed by atoms with van der Waals surface area (Å²) in [5.74, 6) is -0.942. The van der Waals surface area contributed by atoms with Crippen molar-refractivity contribution >= 4 is 23.6 Å². The summed E-state index contributed by atoms with van der Waals surface area (Å²) in [5.41, 5.74) is 8.59. The Morgan fingerprint density at radius 1 is 0.526 bits per heavy atom. The number of Topliss-reactive ketones (excluding diaryl/α,β-unsaturated/α-hetero) is 1. The van der Waals surface area contributed by atoms with Gasteiger partial charge in [0.05, 0.1) is 5.56 Å². The third-order valence-electron chi connectivity index (χ3n) is 11.5. The van der Waals surface area contributed by atoms with Gasteiger partial charge in [0.1, 0.15) is 6.61 Å². The summed E-state index contributed by atoms with van der Waals surface area (Å²) < 4.78 is 0. The summed E-state index contributed by atoms with van der Waals surface area (Å²) in [5, 5.41) is 18.0. The molecule has 4 heterocycles. The molecule has 57 heavy (non-hydrogen) atoms. The van der Waals surface area contributed by atoms with Crippen molar-refractivity contribution in [1.29, 1.82) is 0 Å². The number of hydrogen-bond donors (Lipinski definition) is 2. The van der Waals surface area contributed by atoms with E-state index in [2.05, 4.69) is 21.9 Å². The Kier molecular flexibility index (Phi) is 15.8. The summed E-state index contributed by atoms with van der Waals surface area (Å²) in [4.78, 5) is 57.1. The molecular weight excluding hydrogens is 732 g/mol. The van der Waals surface area contributed by atoms with Gasteiger partial charge in [-0.2, -0.15) is 0 Å². The third-order valence-corrected chi connectivity index (χ3v) is 11.5. The first-order valence-corrected chi connectivity index (χ1v) is 19.6. The maximum absolute atomic E-state index is 12.9. The molecular formula is C45H51N4NaO7. The van der Waals surface area contributed by atoms with Crippen LogP contribution in [0.25, 0.3) is 22.3 Å². The second-order valence-electron chi connectivity index (χ2n) is 15.0. The predicted octanol–water partition coefficient (Wildman–Crippen LogP) is 2.60. The molecule has 2 saturated heterocycles. The number of carboxylic acids is 1. The number of benzene rings is 4. The molecule has 2 fully saturated rings. The minimum atomic E-state index is -0.924. The number of nitrogens with zero attached hydrogens (tertiary/aromatic N) is 4. The van der Waals surface area contributed by atoms with Crippen molar-refractivity contribution in [3.63, 3.8) is 0 Å². The van der Waals surface area contributed by atoms with E-state index in [1.165, 1.54) is 25.7 Å². The molecule has 0 aliphatic carbocycles. The number of carboxylic acid groups (broad SMARTS) is 1. The van der Waals surface area contributed by atoms with Gasteiger partial charge in [-0.1, -0.05) is 60.7 Å². The topological polar surface area (TPSA) is 152 Å². The number of aliphatic hydroxyl groups is 1. The van der Waals surface area contributed by atoms with Gasteiger partial charge in [0.25, 0.3) is 11.8 Å². The molecule has 2 amide bonds. The van der Waals surface area contributed by atoms with Crippen molar-refractivity contribution in [3.05, 3.63) is 118 Å². The average Bonchev–Trinajstić information content (AvgIpc) is 3.96. The molecule has 4 aliphatic heterocycles. The van der Waals surface area contributed by atoms with Crippen molar-refractivity contribution in [2.24, 2.45) is 0 Å². The van der Waals surface area contributed by atoms with Gasteiger partial charge in [0.15, 0.2) is 5.78 Å². The summed E-state index contributed by atoms with van der Waals surface area (Å²) >= 11 is 0. The second kappa shape index (κ2) is 20.5. The largest absolute Gasteiger partial charge is 1.00 e. The van der Waals surface area contributed by atoms with Crippen LogP contribution in [0.5, 0.6) is 0 Å². The van der Waals surface area contributed by atoms with E-state index in [0.717, 1.165) is 123 Å². The molecule has 8 rings (SSSR count). The number of ketones is 1. The Hall–Kier alpha value is -4.20. The van der Waals surface area contributed by atoms with Crippen molar-refractivity contribution in [2.75, 3.05) is 72.1 Å². The van der Waals surface area contributed by atoms with Crippen LogP contribution in [0, 0.1) is 0 Å². The molecule has 0 radical (unpaired) electrons. The number of amides is 2. The first-order chi connectivity index (χ1) is 26.8. The first-order valence-electron chi connectivity index (χ1n) is 19.6. The van der Waals surface area contributed by atoms with E-state index >= 15 is 0 Å². The van der Waals surface area contributed by atoms with Gasteiger partial charge in [-0.05, 0) is 122 Å². The molecule has 12 heteroatoms. The van der Waals surface area contributed by atoms with Crippen molar-refractivity contribution in [2.45, 2.75) is 38.5 Å². The van der Waals surface area contributed by atoms with Gasteiger partial charge < -0.3 is 35.3 Å². The molecule has 0 atom stereocenters. The second-order valence-corrected chi connectivity index (χ2v) is 15.0. The minimum Gasteiger partial charge on any atom is -0.870 e. The molecule has 11 nitrogen and oxygen atoms in total. The quantitative estimate of drug-likeness (QED) is 0.173. The van der Waals surface area contributed by atoms with Crippen LogP contribution in [0.1, 0.15) is 78.2 Å². The number of hydrogen-bond acceptors (Lipinski definition) is 8. The molecule has 0 spiro atoms. The van der Waals surface area contributed by atoms with Crippen LogP contribution in [-0.4, -0.2) is 131 Å². The minimum absolute atomic E-state index is 0. The zero-order valence-corrected chi connectivity index (χ0v) is 34.9. The normalized spacial score (nSPS) is 16.5. The standard InChI is InChI=1S/C23H26N2O3.C22H24N2O3.Na.H2O/c26-16-22(27)18-5-3-17(4-6-18)19-7-8-21-20(15-19)9-12-25(23(21)28)14-13-24-10-1-2-11-24;25-21-20-8-7-18(16-3-5-17(6-4-16)22(26)27)15-19(20)9-12-24(21)14-13-23-10-1-2-11-23;;/h3-8,15,26H,1-2,9-14,16H2;3-8,15H,1-2,9-14H2,(H,26,27);;1H2/q;;+1;/p-1. The number of fused-ring (bicyclic) bond motifs is 2. The zero-order chi connectivity index (χ0) is 38.3. The Morgan fingerprint density at radius 2 is 0.912 bits per heavy atom. The van der Waals surface area contributed by atoms with E-state index < -0.39 is 12.6 Å². The molecule has 4 aromatic carbocycles. The number of likely N-dealkylation sites (tertiary alicyclic amines) is 2. The SMILES string of the molecule is O=C(CO)c1ccc(-c2ccc3c(c2)CCN(CCN2CCCC2)C3=O)cc1.O=C(O)c1ccc(-c2ccc3c(c2)CCN(CCN2CCCC2)C3=O)cc1.[Na+].[OH-]. The maximum atomic E-state index is 12.9. The van der Waals surface area contributed by atoms with Crippen molar-refractivity contribution in [1.82, 2.24) is 19.6 Å². The van der Waals surface area contributed by atoms with E-state index in [9.17, 15) is 19.2 Å². The van der Waals surface area contributed by atoms with Crippen LogP contribution >= 0.6 is 0 Å². The fourth-order valence-electron chi connectivity index (χ4n) is 8.14. The number of carbonyl (C=O) groups excluding carboxylic acids is 3. The van der Waals surface area contributed by atoms with Gasteiger partial charge in [-0.3, -0.25) is 14.4 Å². The Balaban J connectivity index is 0.000000210. The number of carbonyl (C=O) groups is 4. The fourth-order valence-corrected chi connectivity index (χ4v) is 8.14.